The standard InChI is InChI=1S/C24H40N2O6/c1-4-11-25-22(31)32-20-9-10-23(2)17(13-21(30)26-12-5-6-16(26)14-27)18(29)7-8-19(23)24(20,3)15-28/h4,16-20,27-29H,1,5-15H2,2-3H3,(H,25,31)/t16-,17+,18+,19?,20+,23-,24-/m0/s1. The van der Waals surface area contributed by atoms with E-state index in [9.17, 15) is 24.9 Å². The number of rotatable bonds is 7. The Morgan fingerprint density at radius 3 is 2.62 bits per heavy atom. The third-order valence-corrected chi connectivity index (χ3v) is 8.62. The summed E-state index contributed by atoms with van der Waals surface area (Å²) in [4.78, 5) is 27.1. The van der Waals surface area contributed by atoms with Crippen LogP contribution in [0.4, 0.5) is 4.79 Å². The van der Waals surface area contributed by atoms with E-state index in [0.29, 0.717) is 38.8 Å². The number of amides is 2. The van der Waals surface area contributed by atoms with Crippen molar-refractivity contribution in [3.63, 3.8) is 0 Å². The lowest BCUT2D eigenvalue weighted by Gasteiger charge is -2.60. The summed E-state index contributed by atoms with van der Waals surface area (Å²) in [5.74, 6) is -0.255. The van der Waals surface area contributed by atoms with E-state index in [2.05, 4.69) is 18.8 Å². The SMILES string of the molecule is C=CCNC(=O)O[C@@H]1CC[C@]2(C)C(CC[C@@H](O)[C@H]2CC(=O)N2CCC[C@H]2CO)[C@]1(C)CO. The lowest BCUT2D eigenvalue weighted by atomic mass is 9.46. The maximum absolute atomic E-state index is 13.2. The van der Waals surface area contributed by atoms with Gasteiger partial charge in [-0.1, -0.05) is 19.9 Å². The summed E-state index contributed by atoms with van der Waals surface area (Å²) in [6.07, 6.45) is 4.47. The molecule has 0 aromatic carbocycles. The molecule has 182 valence electrons. The van der Waals surface area contributed by atoms with Crippen molar-refractivity contribution in [3.05, 3.63) is 12.7 Å². The number of fused-ring (bicyclic) bond motifs is 1. The highest BCUT2D eigenvalue weighted by Gasteiger charge is 2.60. The van der Waals surface area contributed by atoms with Gasteiger partial charge in [-0.2, -0.15) is 0 Å². The second-order valence-electron chi connectivity index (χ2n) is 10.3. The van der Waals surface area contributed by atoms with E-state index < -0.39 is 23.7 Å². The molecule has 1 unspecified atom stereocenters. The molecule has 1 aliphatic heterocycles. The molecular formula is C24H40N2O6. The van der Waals surface area contributed by atoms with Crippen molar-refractivity contribution in [2.24, 2.45) is 22.7 Å². The number of hydrogen-bond acceptors (Lipinski definition) is 6. The Morgan fingerprint density at radius 2 is 1.97 bits per heavy atom. The zero-order chi connectivity index (χ0) is 23.5. The number of aliphatic hydroxyl groups excluding tert-OH is 3. The lowest BCUT2D eigenvalue weighted by Crippen LogP contribution is -2.61. The van der Waals surface area contributed by atoms with Gasteiger partial charge in [0.05, 0.1) is 25.4 Å². The quantitative estimate of drug-likeness (QED) is 0.438. The Balaban J connectivity index is 1.79. The first-order valence-electron chi connectivity index (χ1n) is 12.0. The highest BCUT2D eigenvalue weighted by Crippen LogP contribution is 2.61. The van der Waals surface area contributed by atoms with Crippen molar-refractivity contribution >= 4 is 12.0 Å². The van der Waals surface area contributed by atoms with Crippen molar-refractivity contribution in [2.75, 3.05) is 26.3 Å². The number of carbonyl (C=O) groups is 2. The second-order valence-corrected chi connectivity index (χ2v) is 10.3. The van der Waals surface area contributed by atoms with Crippen LogP contribution < -0.4 is 5.32 Å². The van der Waals surface area contributed by atoms with Gasteiger partial charge in [0.25, 0.3) is 0 Å². The van der Waals surface area contributed by atoms with Crippen LogP contribution in [0.25, 0.3) is 0 Å². The summed E-state index contributed by atoms with van der Waals surface area (Å²) in [6, 6.07) is -0.132. The number of ether oxygens (including phenoxy) is 1. The molecule has 4 N–H and O–H groups in total. The first-order chi connectivity index (χ1) is 15.2. The monoisotopic (exact) mass is 452 g/mol. The largest absolute Gasteiger partial charge is 0.446 e. The first kappa shape index (κ1) is 25.0. The van der Waals surface area contributed by atoms with Crippen LogP contribution in [-0.4, -0.2) is 76.8 Å². The van der Waals surface area contributed by atoms with Crippen LogP contribution in [0.15, 0.2) is 12.7 Å². The van der Waals surface area contributed by atoms with Crippen LogP contribution in [0, 0.1) is 22.7 Å². The molecule has 32 heavy (non-hydrogen) atoms. The van der Waals surface area contributed by atoms with Crippen LogP contribution in [0.3, 0.4) is 0 Å². The molecule has 1 saturated heterocycles. The lowest BCUT2D eigenvalue weighted by molar-refractivity contribution is -0.187. The third kappa shape index (κ3) is 4.54. The Kier molecular flexibility index (Phi) is 7.89. The number of nitrogens with zero attached hydrogens (tertiary/aromatic N) is 1. The molecule has 0 bridgehead atoms. The number of alkyl carbamates (subject to hydrolysis) is 1. The van der Waals surface area contributed by atoms with E-state index in [4.69, 9.17) is 4.74 Å². The van der Waals surface area contributed by atoms with Gasteiger partial charge >= 0.3 is 6.09 Å². The molecule has 0 aromatic rings. The summed E-state index contributed by atoms with van der Waals surface area (Å²) < 4.78 is 5.72. The van der Waals surface area contributed by atoms with Crippen molar-refractivity contribution in [2.45, 2.75) is 77.0 Å². The highest BCUT2D eigenvalue weighted by atomic mass is 16.6. The number of hydrogen-bond donors (Lipinski definition) is 4. The number of nitrogens with one attached hydrogen (secondary N) is 1. The van der Waals surface area contributed by atoms with E-state index in [1.54, 1.807) is 11.0 Å². The van der Waals surface area contributed by atoms with Gasteiger partial charge in [-0.25, -0.2) is 4.79 Å². The van der Waals surface area contributed by atoms with Gasteiger partial charge in [-0.15, -0.1) is 6.58 Å². The minimum atomic E-state index is -0.665. The summed E-state index contributed by atoms with van der Waals surface area (Å²) in [5.41, 5.74) is -1.03. The van der Waals surface area contributed by atoms with Gasteiger partial charge < -0.3 is 30.3 Å². The molecule has 3 aliphatic rings. The Bertz CT molecular complexity index is 702. The van der Waals surface area contributed by atoms with Gasteiger partial charge in [0.15, 0.2) is 0 Å². The molecule has 1 heterocycles. The number of likely N-dealkylation sites (tertiary alicyclic amines) is 1. The fourth-order valence-corrected chi connectivity index (χ4v) is 6.77. The van der Waals surface area contributed by atoms with Gasteiger partial charge in [0, 0.05) is 24.9 Å². The molecule has 2 saturated carbocycles. The van der Waals surface area contributed by atoms with E-state index in [1.807, 2.05) is 6.92 Å². The van der Waals surface area contributed by atoms with Crippen LogP contribution >= 0.6 is 0 Å². The molecule has 8 nitrogen and oxygen atoms in total. The summed E-state index contributed by atoms with van der Waals surface area (Å²) >= 11 is 0. The van der Waals surface area contributed by atoms with Crippen molar-refractivity contribution < 1.29 is 29.6 Å². The minimum absolute atomic E-state index is 0.000582. The predicted molar refractivity (Wildman–Crippen MR) is 120 cm³/mol. The average molecular weight is 453 g/mol. The van der Waals surface area contributed by atoms with Crippen LogP contribution in [0.1, 0.15) is 58.8 Å². The number of carbonyl (C=O) groups excluding carboxylic acids is 2. The normalized spacial score (nSPS) is 39.3. The molecule has 7 atom stereocenters. The molecule has 0 spiro atoms. The van der Waals surface area contributed by atoms with Crippen LogP contribution in [0.2, 0.25) is 0 Å². The number of aliphatic hydroxyl groups is 3. The second kappa shape index (κ2) is 10.1. The molecule has 8 heteroatoms. The molecule has 0 radical (unpaired) electrons. The van der Waals surface area contributed by atoms with E-state index in [1.165, 1.54) is 0 Å². The topological polar surface area (TPSA) is 119 Å². The van der Waals surface area contributed by atoms with E-state index in [0.717, 1.165) is 12.8 Å². The smallest absolute Gasteiger partial charge is 0.407 e. The Hall–Kier alpha value is -1.64. The average Bonchev–Trinajstić information content (AvgIpc) is 3.26. The maximum Gasteiger partial charge on any atom is 0.407 e. The third-order valence-electron chi connectivity index (χ3n) is 8.62. The molecule has 2 amide bonds. The predicted octanol–water partition coefficient (Wildman–Crippen LogP) is 1.83. The molecule has 0 aromatic heterocycles. The van der Waals surface area contributed by atoms with Crippen molar-refractivity contribution in [1.29, 1.82) is 0 Å². The molecule has 3 fully saturated rings. The molecule has 2 aliphatic carbocycles. The van der Waals surface area contributed by atoms with Gasteiger partial charge in [0.1, 0.15) is 6.10 Å². The molecule has 3 rings (SSSR count). The molecular weight excluding hydrogens is 412 g/mol. The Labute approximate surface area is 191 Å². The summed E-state index contributed by atoms with van der Waals surface area (Å²) in [5, 5.41) is 33.6. The van der Waals surface area contributed by atoms with E-state index in [-0.39, 0.29) is 48.8 Å². The first-order valence-corrected chi connectivity index (χ1v) is 12.0. The van der Waals surface area contributed by atoms with Gasteiger partial charge in [-0.05, 0) is 55.8 Å². The van der Waals surface area contributed by atoms with Gasteiger partial charge in [0.2, 0.25) is 5.91 Å². The maximum atomic E-state index is 13.2. The summed E-state index contributed by atoms with van der Waals surface area (Å²) in [7, 11) is 0. The zero-order valence-corrected chi connectivity index (χ0v) is 19.5. The minimum Gasteiger partial charge on any atom is -0.446 e. The highest BCUT2D eigenvalue weighted by molar-refractivity contribution is 5.77. The fourth-order valence-electron chi connectivity index (χ4n) is 6.77. The van der Waals surface area contributed by atoms with E-state index >= 15 is 0 Å². The van der Waals surface area contributed by atoms with Crippen LogP contribution in [0.5, 0.6) is 0 Å². The van der Waals surface area contributed by atoms with Gasteiger partial charge in [-0.3, -0.25) is 4.79 Å². The zero-order valence-electron chi connectivity index (χ0n) is 19.5. The Morgan fingerprint density at radius 1 is 1.22 bits per heavy atom. The van der Waals surface area contributed by atoms with Crippen LogP contribution in [-0.2, 0) is 9.53 Å². The fraction of sp³-hybridized carbons (Fsp3) is 0.833. The summed E-state index contributed by atoms with van der Waals surface area (Å²) in [6.45, 7) is 8.45. The van der Waals surface area contributed by atoms with Crippen molar-refractivity contribution in [3.8, 4) is 0 Å². The van der Waals surface area contributed by atoms with Crippen molar-refractivity contribution in [1.82, 2.24) is 10.2 Å².